The van der Waals surface area contributed by atoms with Crippen LogP contribution in [0.25, 0.3) is 32.7 Å². The second kappa shape index (κ2) is 16.6. The summed E-state index contributed by atoms with van der Waals surface area (Å²) >= 11 is 1.69. The van der Waals surface area contributed by atoms with Crippen molar-refractivity contribution in [1.82, 2.24) is 0 Å². The van der Waals surface area contributed by atoms with Crippen LogP contribution in [0.2, 0.25) is 6.55 Å². The topological polar surface area (TPSA) is 0 Å². The first-order valence-corrected chi connectivity index (χ1v) is 19.0. The second-order valence-corrected chi connectivity index (χ2v) is 16.8. The summed E-state index contributed by atoms with van der Waals surface area (Å²) in [5.74, 6) is 0. The van der Waals surface area contributed by atoms with Crippen LogP contribution in [0.1, 0.15) is 24.0 Å². The van der Waals surface area contributed by atoms with Gasteiger partial charge in [0, 0.05) is 0 Å². The van der Waals surface area contributed by atoms with E-state index in [9.17, 15) is 0 Å². The zero-order valence-electron chi connectivity index (χ0n) is 23.0. The standard InChI is InChI=1S/2C15H11.C7H8Si.2ClH.Zr/c2*1-2-7-12(6-1)15-11-5-9-13-8-3-4-10-14(13)15;1-8-7-5-3-2-4-6-7;;;/h2*3-11H,1H2;2-6H,1H3;2*1H;/q2*-1;;;;+2. The van der Waals surface area contributed by atoms with Gasteiger partial charge in [0.25, 0.3) is 0 Å². The SMILES string of the molecule is C[Si](=[Zr+2])c1ccccc1.Cl.Cl.[C-]1=CC(c2cccc3ccccc23)=CC1.[C-]1=CC(c2cccc3ccccc23)=CC1. The molecule has 0 heterocycles. The predicted octanol–water partition coefficient (Wildman–Crippen LogP) is 9.88. The first-order valence-electron chi connectivity index (χ1n) is 13.3. The van der Waals surface area contributed by atoms with E-state index in [0.717, 1.165) is 12.8 Å². The van der Waals surface area contributed by atoms with Crippen molar-refractivity contribution in [3.63, 3.8) is 0 Å². The molecule has 0 amide bonds. The van der Waals surface area contributed by atoms with Crippen molar-refractivity contribution >= 4 is 68.1 Å². The molecule has 0 fully saturated rings. The second-order valence-electron chi connectivity index (χ2n) is 9.47. The maximum absolute atomic E-state index is 3.22. The van der Waals surface area contributed by atoms with Gasteiger partial charge in [-0.25, -0.2) is 12.2 Å². The van der Waals surface area contributed by atoms with E-state index in [1.807, 2.05) is 0 Å². The molecule has 0 saturated carbocycles. The normalized spacial score (nSPS) is 12.7. The average molecular weight is 667 g/mol. The Morgan fingerprint density at radius 2 is 0.951 bits per heavy atom. The molecule has 0 bridgehead atoms. The summed E-state index contributed by atoms with van der Waals surface area (Å²) in [5.41, 5.74) is 5.11. The van der Waals surface area contributed by atoms with Crippen LogP contribution in [0.5, 0.6) is 0 Å². The Bertz CT molecular complexity index is 1620. The van der Waals surface area contributed by atoms with Gasteiger partial charge >= 0.3 is 70.8 Å². The number of benzene rings is 5. The van der Waals surface area contributed by atoms with Gasteiger partial charge in [-0.3, -0.25) is 12.2 Å². The number of halogens is 2. The monoisotopic (exact) mass is 664 g/mol. The number of hydrogen-bond donors (Lipinski definition) is 0. The molecule has 41 heavy (non-hydrogen) atoms. The number of allylic oxidation sites excluding steroid dienone is 8. The molecule has 0 unspecified atom stereocenters. The van der Waals surface area contributed by atoms with Gasteiger partial charge in [0.2, 0.25) is 0 Å². The van der Waals surface area contributed by atoms with Crippen LogP contribution < -0.4 is 5.19 Å². The molecule has 0 spiro atoms. The largest absolute Gasteiger partial charge is 0.272 e. The smallest absolute Gasteiger partial charge is 0.0193 e. The Morgan fingerprint density at radius 1 is 0.537 bits per heavy atom. The quantitative estimate of drug-likeness (QED) is 0.133. The van der Waals surface area contributed by atoms with Gasteiger partial charge in [-0.1, -0.05) is 96.1 Å². The Morgan fingerprint density at radius 3 is 1.34 bits per heavy atom. The maximum atomic E-state index is 3.22. The van der Waals surface area contributed by atoms with E-state index in [1.54, 1.807) is 28.5 Å². The fourth-order valence-electron chi connectivity index (χ4n) is 4.81. The van der Waals surface area contributed by atoms with Crippen molar-refractivity contribution in [3.05, 3.63) is 163 Å². The zero-order chi connectivity index (χ0) is 26.9. The van der Waals surface area contributed by atoms with Crippen LogP contribution in [0.15, 0.2) is 140 Å². The molecular weight excluding hydrogens is 635 g/mol. The Labute approximate surface area is 271 Å². The van der Waals surface area contributed by atoms with Gasteiger partial charge in [-0.2, -0.15) is 23.3 Å². The maximum Gasteiger partial charge on any atom is -0.0193 e. The summed E-state index contributed by atoms with van der Waals surface area (Å²) in [6, 6.07) is 40.7. The van der Waals surface area contributed by atoms with Gasteiger partial charge in [0.1, 0.15) is 0 Å². The number of rotatable bonds is 3. The molecule has 2 aliphatic rings. The van der Waals surface area contributed by atoms with Gasteiger partial charge in [-0.15, -0.1) is 37.7 Å². The minimum Gasteiger partial charge on any atom is -0.272 e. The first-order chi connectivity index (χ1) is 19.2. The minimum atomic E-state index is -0.122. The van der Waals surface area contributed by atoms with E-state index in [0.29, 0.717) is 0 Å². The van der Waals surface area contributed by atoms with Crippen molar-refractivity contribution in [2.24, 2.45) is 0 Å². The van der Waals surface area contributed by atoms with E-state index < -0.39 is 0 Å². The summed E-state index contributed by atoms with van der Waals surface area (Å²) in [4.78, 5) is 0. The number of fused-ring (bicyclic) bond motifs is 2. The van der Waals surface area contributed by atoms with E-state index in [4.69, 9.17) is 0 Å². The van der Waals surface area contributed by atoms with Crippen molar-refractivity contribution < 1.29 is 23.3 Å². The summed E-state index contributed by atoms with van der Waals surface area (Å²) < 4.78 is 0. The molecule has 0 N–H and O–H groups in total. The molecule has 5 aromatic rings. The summed E-state index contributed by atoms with van der Waals surface area (Å²) in [6.07, 6.45) is 16.9. The van der Waals surface area contributed by atoms with Crippen molar-refractivity contribution in [3.8, 4) is 0 Å². The van der Waals surface area contributed by atoms with Gasteiger partial charge in [0.05, 0.1) is 0 Å². The fourth-order valence-corrected chi connectivity index (χ4v) is 6.73. The fraction of sp³-hybridized carbons (Fsp3) is 0.0811. The molecule has 4 heteroatoms. The molecule has 5 aromatic carbocycles. The average Bonchev–Trinajstić information content (AvgIpc) is 3.73. The Kier molecular flexibility index (Phi) is 13.3. The molecule has 7 rings (SSSR count). The third-order valence-electron chi connectivity index (χ3n) is 6.80. The Balaban J connectivity index is 0.000000171. The van der Waals surface area contributed by atoms with Crippen molar-refractivity contribution in [2.75, 3.05) is 0 Å². The van der Waals surface area contributed by atoms with Crippen LogP contribution in [0.3, 0.4) is 0 Å². The third kappa shape index (κ3) is 8.63. The zero-order valence-corrected chi connectivity index (χ0v) is 28.1. The van der Waals surface area contributed by atoms with Crippen LogP contribution in [-0.4, -0.2) is 5.43 Å². The number of hydrogen-bond acceptors (Lipinski definition) is 0. The summed E-state index contributed by atoms with van der Waals surface area (Å²) in [5, 5.41) is 6.81. The molecule has 202 valence electrons. The molecular formula is C37H32Cl2SiZr. The van der Waals surface area contributed by atoms with Crippen LogP contribution in [0, 0.1) is 12.2 Å². The molecule has 0 aliphatic heterocycles. The molecule has 0 atom stereocenters. The summed E-state index contributed by atoms with van der Waals surface area (Å²) in [6.45, 7) is 2.35. The molecule has 0 saturated heterocycles. The molecule has 2 aliphatic carbocycles. The minimum absolute atomic E-state index is 0. The van der Waals surface area contributed by atoms with E-state index in [-0.39, 0.29) is 30.2 Å². The predicted molar refractivity (Wildman–Crippen MR) is 181 cm³/mol. The van der Waals surface area contributed by atoms with Gasteiger partial charge in [-0.05, 0) is 21.5 Å². The first kappa shape index (κ1) is 32.8. The van der Waals surface area contributed by atoms with Crippen LogP contribution >= 0.6 is 24.8 Å². The van der Waals surface area contributed by atoms with Gasteiger partial charge < -0.3 is 0 Å². The van der Waals surface area contributed by atoms with Crippen molar-refractivity contribution in [1.29, 1.82) is 0 Å². The molecule has 0 aromatic heterocycles. The molecule has 0 nitrogen and oxygen atoms in total. The van der Waals surface area contributed by atoms with E-state index >= 15 is 0 Å². The summed E-state index contributed by atoms with van der Waals surface area (Å²) in [7, 11) is 0. The molecule has 0 radical (unpaired) electrons. The third-order valence-corrected chi connectivity index (χ3v) is 10.1. The van der Waals surface area contributed by atoms with Gasteiger partial charge in [0.15, 0.2) is 0 Å². The Hall–Kier alpha value is -2.74. The van der Waals surface area contributed by atoms with Crippen LogP contribution in [-0.2, 0) is 23.3 Å². The van der Waals surface area contributed by atoms with Crippen LogP contribution in [0.4, 0.5) is 0 Å². The van der Waals surface area contributed by atoms with E-state index in [1.165, 1.54) is 43.8 Å². The van der Waals surface area contributed by atoms with E-state index in [2.05, 4.69) is 158 Å². The van der Waals surface area contributed by atoms with Crippen molar-refractivity contribution in [2.45, 2.75) is 19.4 Å².